The molecular formula is C22H18N4O. The Balaban J connectivity index is 1.57. The van der Waals surface area contributed by atoms with Gasteiger partial charge in [-0.1, -0.05) is 17.9 Å². The largest absolute Gasteiger partial charge is 0.384 e. The second-order valence-electron chi connectivity index (χ2n) is 5.77. The number of hydrogen-bond donors (Lipinski definition) is 3. The smallest absolute Gasteiger partial charge is 0.211 e. The van der Waals surface area contributed by atoms with Crippen molar-refractivity contribution in [3.63, 3.8) is 0 Å². The molecule has 5 nitrogen and oxygen atoms in total. The van der Waals surface area contributed by atoms with Crippen molar-refractivity contribution >= 4 is 17.3 Å². The van der Waals surface area contributed by atoms with Crippen LogP contribution in [-0.2, 0) is 0 Å². The number of amidine groups is 1. The van der Waals surface area contributed by atoms with E-state index < -0.39 is 0 Å². The Labute approximate surface area is 157 Å². The monoisotopic (exact) mass is 354 g/mol. The predicted octanol–water partition coefficient (Wildman–Crippen LogP) is 3.06. The molecule has 1 heterocycles. The lowest BCUT2D eigenvalue weighted by molar-refractivity contribution is 0.103. The van der Waals surface area contributed by atoms with Crippen molar-refractivity contribution < 1.29 is 4.79 Å². The van der Waals surface area contributed by atoms with Crippen LogP contribution in [0.1, 0.15) is 27.2 Å². The maximum atomic E-state index is 12.3. The van der Waals surface area contributed by atoms with E-state index in [1.165, 1.54) is 0 Å². The Morgan fingerprint density at radius 3 is 2.33 bits per heavy atom. The first kappa shape index (κ1) is 17.9. The van der Waals surface area contributed by atoms with Crippen molar-refractivity contribution in [1.82, 2.24) is 4.98 Å². The van der Waals surface area contributed by atoms with Crippen LogP contribution in [0.5, 0.6) is 0 Å². The van der Waals surface area contributed by atoms with Crippen LogP contribution in [0.15, 0.2) is 72.9 Å². The minimum atomic E-state index is -0.106. The van der Waals surface area contributed by atoms with Crippen LogP contribution in [0.25, 0.3) is 0 Å². The Bertz CT molecular complexity index is 998. The number of pyridine rings is 1. The lowest BCUT2D eigenvalue weighted by Crippen LogP contribution is -2.10. The molecule has 0 aliphatic heterocycles. The summed E-state index contributed by atoms with van der Waals surface area (Å²) in [5.74, 6) is 6.04. The summed E-state index contributed by atoms with van der Waals surface area (Å²) in [5.41, 5.74) is 8.87. The number of nitrogens with one attached hydrogen (secondary N) is 2. The van der Waals surface area contributed by atoms with E-state index in [2.05, 4.69) is 22.1 Å². The number of nitrogen functional groups attached to an aromatic ring is 1. The van der Waals surface area contributed by atoms with Crippen molar-refractivity contribution in [1.29, 1.82) is 5.41 Å². The number of anilines is 1. The van der Waals surface area contributed by atoms with E-state index in [0.717, 1.165) is 11.3 Å². The number of nitrogens with two attached hydrogens (primary N) is 1. The van der Waals surface area contributed by atoms with Gasteiger partial charge >= 0.3 is 0 Å². The van der Waals surface area contributed by atoms with Gasteiger partial charge in [-0.25, -0.2) is 0 Å². The molecule has 0 atom stereocenters. The molecule has 5 heteroatoms. The van der Waals surface area contributed by atoms with Crippen molar-refractivity contribution in [3.05, 3.63) is 95.3 Å². The van der Waals surface area contributed by atoms with E-state index in [1.807, 2.05) is 24.3 Å². The molecule has 0 aliphatic carbocycles. The highest BCUT2D eigenvalue weighted by molar-refractivity contribution is 6.07. The van der Waals surface area contributed by atoms with Crippen LogP contribution < -0.4 is 11.1 Å². The molecule has 3 rings (SSSR count). The van der Waals surface area contributed by atoms with Gasteiger partial charge in [-0.05, 0) is 60.7 Å². The van der Waals surface area contributed by atoms with Gasteiger partial charge in [0.1, 0.15) is 11.5 Å². The number of carbonyl (C=O) groups excluding carboxylic acids is 1. The second kappa shape index (κ2) is 8.45. The Morgan fingerprint density at radius 1 is 1.00 bits per heavy atom. The van der Waals surface area contributed by atoms with E-state index in [4.69, 9.17) is 11.1 Å². The minimum absolute atomic E-state index is 0.0475. The fourth-order valence-corrected chi connectivity index (χ4v) is 2.41. The zero-order chi connectivity index (χ0) is 19.1. The van der Waals surface area contributed by atoms with Gasteiger partial charge in [0.05, 0.1) is 6.54 Å². The lowest BCUT2D eigenvalue weighted by Gasteiger charge is -2.03. The van der Waals surface area contributed by atoms with Gasteiger partial charge in [0.25, 0.3) is 0 Å². The van der Waals surface area contributed by atoms with Crippen molar-refractivity contribution in [3.8, 4) is 11.8 Å². The fourth-order valence-electron chi connectivity index (χ4n) is 2.41. The van der Waals surface area contributed by atoms with Crippen LogP contribution in [-0.4, -0.2) is 23.1 Å². The molecule has 132 valence electrons. The summed E-state index contributed by atoms with van der Waals surface area (Å²) in [4.78, 5) is 16.4. The Kier molecular flexibility index (Phi) is 5.60. The van der Waals surface area contributed by atoms with Crippen molar-refractivity contribution in [2.75, 3.05) is 11.9 Å². The van der Waals surface area contributed by atoms with E-state index in [1.54, 1.807) is 48.7 Å². The normalized spacial score (nSPS) is 9.78. The van der Waals surface area contributed by atoms with Crippen LogP contribution in [0.2, 0.25) is 0 Å². The predicted molar refractivity (Wildman–Crippen MR) is 107 cm³/mol. The number of rotatable bonds is 5. The Hall–Kier alpha value is -3.91. The molecule has 0 amide bonds. The summed E-state index contributed by atoms with van der Waals surface area (Å²) in [5, 5.41) is 10.6. The maximum absolute atomic E-state index is 12.3. The van der Waals surface area contributed by atoms with Gasteiger partial charge in [-0.3, -0.25) is 15.2 Å². The molecule has 0 fully saturated rings. The maximum Gasteiger partial charge on any atom is 0.211 e. The average Bonchev–Trinajstić information content (AvgIpc) is 2.72. The molecule has 0 radical (unpaired) electrons. The summed E-state index contributed by atoms with van der Waals surface area (Å²) < 4.78 is 0. The van der Waals surface area contributed by atoms with Gasteiger partial charge in [0.15, 0.2) is 0 Å². The molecule has 4 N–H and O–H groups in total. The highest BCUT2D eigenvalue weighted by Crippen LogP contribution is 2.10. The molecule has 0 unspecified atom stereocenters. The third-order valence-corrected chi connectivity index (χ3v) is 3.85. The number of aromatic nitrogens is 1. The zero-order valence-electron chi connectivity index (χ0n) is 14.6. The summed E-state index contributed by atoms with van der Waals surface area (Å²) in [7, 11) is 0. The molecule has 3 aromatic rings. The van der Waals surface area contributed by atoms with Crippen LogP contribution in [0.4, 0.5) is 5.69 Å². The third kappa shape index (κ3) is 4.80. The first-order valence-electron chi connectivity index (χ1n) is 8.36. The van der Waals surface area contributed by atoms with E-state index >= 15 is 0 Å². The summed E-state index contributed by atoms with van der Waals surface area (Å²) in [6, 6.07) is 19.7. The summed E-state index contributed by atoms with van der Waals surface area (Å²) >= 11 is 0. The quantitative estimate of drug-likeness (QED) is 0.284. The SMILES string of the molecule is N=C(N)c1ccc(NCC#Cc2ccc(C(=O)c3ccccn3)cc2)cc1. The first-order valence-corrected chi connectivity index (χ1v) is 8.36. The molecule has 0 saturated heterocycles. The average molecular weight is 354 g/mol. The molecule has 0 bridgehead atoms. The highest BCUT2D eigenvalue weighted by Gasteiger charge is 2.09. The number of nitrogens with zero attached hydrogens (tertiary/aromatic N) is 1. The number of ketones is 1. The first-order chi connectivity index (χ1) is 13.1. The summed E-state index contributed by atoms with van der Waals surface area (Å²) in [6.07, 6.45) is 1.60. The van der Waals surface area contributed by atoms with E-state index in [-0.39, 0.29) is 11.6 Å². The van der Waals surface area contributed by atoms with Crippen molar-refractivity contribution in [2.45, 2.75) is 0 Å². The standard InChI is InChI=1S/C22H18N4O/c23-22(24)18-10-12-19(13-11-18)25-15-3-4-16-6-8-17(9-7-16)21(27)20-5-1-2-14-26-20/h1-2,5-14,25H,15H2,(H3,23,24). The fraction of sp³-hybridized carbons (Fsp3) is 0.0455. The molecule has 2 aromatic carbocycles. The topological polar surface area (TPSA) is 91.9 Å². The number of carbonyl (C=O) groups is 1. The minimum Gasteiger partial charge on any atom is -0.384 e. The van der Waals surface area contributed by atoms with Gasteiger partial charge < -0.3 is 11.1 Å². The van der Waals surface area contributed by atoms with Crippen LogP contribution in [0, 0.1) is 17.3 Å². The van der Waals surface area contributed by atoms with E-state index in [0.29, 0.717) is 23.4 Å². The second-order valence-corrected chi connectivity index (χ2v) is 5.77. The lowest BCUT2D eigenvalue weighted by atomic mass is 10.1. The van der Waals surface area contributed by atoms with Gasteiger partial charge in [0.2, 0.25) is 5.78 Å². The molecule has 27 heavy (non-hydrogen) atoms. The number of hydrogen-bond acceptors (Lipinski definition) is 4. The third-order valence-electron chi connectivity index (χ3n) is 3.85. The molecule has 1 aromatic heterocycles. The molecule has 0 spiro atoms. The molecular weight excluding hydrogens is 336 g/mol. The van der Waals surface area contributed by atoms with E-state index in [9.17, 15) is 4.79 Å². The molecule has 0 aliphatic rings. The highest BCUT2D eigenvalue weighted by atomic mass is 16.1. The molecule has 0 saturated carbocycles. The summed E-state index contributed by atoms with van der Waals surface area (Å²) in [6.45, 7) is 0.480. The Morgan fingerprint density at radius 2 is 1.70 bits per heavy atom. The van der Waals surface area contributed by atoms with Crippen LogP contribution in [0.3, 0.4) is 0 Å². The van der Waals surface area contributed by atoms with Gasteiger partial charge in [-0.15, -0.1) is 0 Å². The van der Waals surface area contributed by atoms with Crippen LogP contribution >= 0.6 is 0 Å². The number of benzene rings is 2. The van der Waals surface area contributed by atoms with Gasteiger partial charge in [-0.2, -0.15) is 0 Å². The zero-order valence-corrected chi connectivity index (χ0v) is 14.6. The van der Waals surface area contributed by atoms with Gasteiger partial charge in [0, 0.05) is 28.6 Å². The van der Waals surface area contributed by atoms with Crippen molar-refractivity contribution in [2.24, 2.45) is 5.73 Å².